The molecule has 1 heterocycles. The van der Waals surface area contributed by atoms with Crippen LogP contribution in [0.3, 0.4) is 0 Å². The van der Waals surface area contributed by atoms with Gasteiger partial charge in [0.15, 0.2) is 0 Å². The number of nitro benzene ring substituents is 1. The van der Waals surface area contributed by atoms with Crippen molar-refractivity contribution in [2.75, 3.05) is 5.32 Å². The molecular formula is C20H15Cl4N3O5. The highest BCUT2D eigenvalue weighted by atomic mass is 35.5. The van der Waals surface area contributed by atoms with Gasteiger partial charge in [0.1, 0.15) is 6.04 Å². The summed E-state index contributed by atoms with van der Waals surface area (Å²) in [6.45, 7) is 3.61. The van der Waals surface area contributed by atoms with Crippen molar-refractivity contribution >= 4 is 75.5 Å². The molecule has 0 saturated heterocycles. The van der Waals surface area contributed by atoms with Gasteiger partial charge in [0.25, 0.3) is 17.5 Å². The minimum atomic E-state index is -1.24. The number of carbonyl (C=O) groups excluding carboxylic acids is 3. The molecular weight excluding hydrogens is 504 g/mol. The van der Waals surface area contributed by atoms with Gasteiger partial charge in [0, 0.05) is 17.8 Å². The van der Waals surface area contributed by atoms with Crippen LogP contribution in [0.15, 0.2) is 24.3 Å². The minimum absolute atomic E-state index is 0.0988. The summed E-state index contributed by atoms with van der Waals surface area (Å²) < 4.78 is 0. The third-order valence-corrected chi connectivity index (χ3v) is 6.57. The van der Waals surface area contributed by atoms with Gasteiger partial charge in [-0.25, -0.2) is 0 Å². The standard InChI is InChI=1S/C20H15Cl4N3O5/c1-8(2)6-11(18(28)25-9-4-3-5-10(7-9)27(31)32)26-19(29)12-13(20(26)30)15(22)17(24)16(23)14(12)21/h3-5,7-8,11H,6H2,1-2H3,(H,25,28)/t11-/m0/s1. The Morgan fingerprint density at radius 1 is 1.03 bits per heavy atom. The molecule has 32 heavy (non-hydrogen) atoms. The number of anilines is 1. The lowest BCUT2D eigenvalue weighted by atomic mass is 10.0. The number of halogens is 4. The summed E-state index contributed by atoms with van der Waals surface area (Å²) in [7, 11) is 0. The highest BCUT2D eigenvalue weighted by Crippen LogP contribution is 2.45. The summed E-state index contributed by atoms with van der Waals surface area (Å²) >= 11 is 24.4. The van der Waals surface area contributed by atoms with E-state index in [0.29, 0.717) is 0 Å². The third-order valence-electron chi connectivity index (χ3n) is 4.77. The molecule has 0 bridgehead atoms. The fourth-order valence-corrected chi connectivity index (χ4v) is 4.36. The van der Waals surface area contributed by atoms with Crippen LogP contribution in [0.25, 0.3) is 0 Å². The Labute approximate surface area is 202 Å². The molecule has 0 aliphatic carbocycles. The molecule has 1 atom stereocenters. The molecule has 1 aliphatic heterocycles. The predicted octanol–water partition coefficient (Wildman–Crippen LogP) is 5.86. The fourth-order valence-electron chi connectivity index (χ4n) is 3.35. The number of nitrogens with zero attached hydrogens (tertiary/aromatic N) is 2. The first-order chi connectivity index (χ1) is 15.0. The maximum absolute atomic E-state index is 13.2. The lowest BCUT2D eigenvalue weighted by molar-refractivity contribution is -0.384. The van der Waals surface area contributed by atoms with Gasteiger partial charge in [-0.2, -0.15) is 0 Å². The number of nitrogens with one attached hydrogen (secondary N) is 1. The highest BCUT2D eigenvalue weighted by Gasteiger charge is 2.46. The van der Waals surface area contributed by atoms with Crippen LogP contribution in [0.5, 0.6) is 0 Å². The molecule has 0 unspecified atom stereocenters. The molecule has 0 spiro atoms. The number of amides is 3. The Morgan fingerprint density at radius 2 is 1.56 bits per heavy atom. The summed E-state index contributed by atoms with van der Waals surface area (Å²) in [5.41, 5.74) is -0.551. The van der Waals surface area contributed by atoms with Crippen molar-refractivity contribution in [2.45, 2.75) is 26.3 Å². The van der Waals surface area contributed by atoms with E-state index >= 15 is 0 Å². The number of rotatable bonds is 6. The quantitative estimate of drug-likeness (QED) is 0.169. The second-order valence-electron chi connectivity index (χ2n) is 7.43. The number of imide groups is 1. The van der Waals surface area contributed by atoms with E-state index in [1.807, 2.05) is 0 Å². The molecule has 0 radical (unpaired) electrons. The largest absolute Gasteiger partial charge is 0.324 e. The van der Waals surface area contributed by atoms with E-state index in [9.17, 15) is 24.5 Å². The number of hydrogen-bond donors (Lipinski definition) is 1. The van der Waals surface area contributed by atoms with Crippen LogP contribution in [0.4, 0.5) is 11.4 Å². The topological polar surface area (TPSA) is 110 Å². The van der Waals surface area contributed by atoms with Gasteiger partial charge in [-0.15, -0.1) is 0 Å². The zero-order chi connectivity index (χ0) is 23.9. The third kappa shape index (κ3) is 4.28. The van der Waals surface area contributed by atoms with Gasteiger partial charge in [-0.1, -0.05) is 66.3 Å². The van der Waals surface area contributed by atoms with Gasteiger partial charge in [-0.3, -0.25) is 29.4 Å². The molecule has 3 rings (SSSR count). The van der Waals surface area contributed by atoms with Crippen LogP contribution in [-0.2, 0) is 4.79 Å². The van der Waals surface area contributed by atoms with Crippen LogP contribution < -0.4 is 5.32 Å². The zero-order valence-electron chi connectivity index (χ0n) is 16.6. The van der Waals surface area contributed by atoms with Crippen molar-refractivity contribution in [1.82, 2.24) is 4.90 Å². The molecule has 3 amide bonds. The molecule has 8 nitrogen and oxygen atoms in total. The molecule has 2 aromatic rings. The van der Waals surface area contributed by atoms with Crippen molar-refractivity contribution in [3.63, 3.8) is 0 Å². The molecule has 12 heteroatoms. The summed E-state index contributed by atoms with van der Waals surface area (Å²) in [6.07, 6.45) is 0.114. The van der Waals surface area contributed by atoms with Gasteiger partial charge in [-0.05, 0) is 18.4 Å². The molecule has 168 valence electrons. The van der Waals surface area contributed by atoms with Crippen molar-refractivity contribution in [1.29, 1.82) is 0 Å². The van der Waals surface area contributed by atoms with E-state index in [0.717, 1.165) is 4.90 Å². The summed E-state index contributed by atoms with van der Waals surface area (Å²) in [4.78, 5) is 50.6. The molecule has 0 fully saturated rings. The normalized spacial score (nSPS) is 14.0. The molecule has 0 saturated carbocycles. The predicted molar refractivity (Wildman–Crippen MR) is 122 cm³/mol. The van der Waals surface area contributed by atoms with Crippen LogP contribution in [0.2, 0.25) is 20.1 Å². The van der Waals surface area contributed by atoms with Crippen molar-refractivity contribution in [3.05, 3.63) is 65.6 Å². The Balaban J connectivity index is 2.02. The Kier molecular flexibility index (Phi) is 7.00. The average molecular weight is 519 g/mol. The van der Waals surface area contributed by atoms with E-state index in [-0.39, 0.29) is 54.9 Å². The first-order valence-corrected chi connectivity index (χ1v) is 10.8. The Morgan fingerprint density at radius 3 is 2.03 bits per heavy atom. The van der Waals surface area contributed by atoms with E-state index in [2.05, 4.69) is 5.32 Å². The SMILES string of the molecule is CC(C)C[C@@H](C(=O)Nc1cccc([N+](=O)[O-])c1)N1C(=O)c2c(Cl)c(Cl)c(Cl)c(Cl)c2C1=O. The highest BCUT2D eigenvalue weighted by molar-refractivity contribution is 6.55. The molecule has 1 aliphatic rings. The van der Waals surface area contributed by atoms with Crippen LogP contribution >= 0.6 is 46.4 Å². The molecule has 1 N–H and O–H groups in total. The van der Waals surface area contributed by atoms with E-state index in [1.165, 1.54) is 24.3 Å². The van der Waals surface area contributed by atoms with Crippen molar-refractivity contribution in [2.24, 2.45) is 5.92 Å². The molecule has 2 aromatic carbocycles. The van der Waals surface area contributed by atoms with Crippen LogP contribution in [0.1, 0.15) is 41.0 Å². The maximum Gasteiger partial charge on any atom is 0.271 e. The first-order valence-electron chi connectivity index (χ1n) is 9.24. The second-order valence-corrected chi connectivity index (χ2v) is 8.94. The van der Waals surface area contributed by atoms with Crippen LogP contribution in [-0.4, -0.2) is 33.6 Å². The Bertz CT molecular complexity index is 1120. The van der Waals surface area contributed by atoms with Gasteiger partial charge in [0.05, 0.1) is 36.1 Å². The molecule has 0 aromatic heterocycles. The monoisotopic (exact) mass is 517 g/mol. The smallest absolute Gasteiger partial charge is 0.271 e. The van der Waals surface area contributed by atoms with Gasteiger partial charge < -0.3 is 5.32 Å². The lowest BCUT2D eigenvalue weighted by Crippen LogP contribution is -2.48. The number of hydrogen-bond acceptors (Lipinski definition) is 5. The van der Waals surface area contributed by atoms with Crippen molar-refractivity contribution in [3.8, 4) is 0 Å². The van der Waals surface area contributed by atoms with Crippen LogP contribution in [0, 0.1) is 16.0 Å². The minimum Gasteiger partial charge on any atom is -0.324 e. The first kappa shape index (κ1) is 24.3. The van der Waals surface area contributed by atoms with E-state index in [4.69, 9.17) is 46.4 Å². The average Bonchev–Trinajstić information content (AvgIpc) is 2.99. The van der Waals surface area contributed by atoms with Crippen molar-refractivity contribution < 1.29 is 19.3 Å². The van der Waals surface area contributed by atoms with E-state index < -0.39 is 28.7 Å². The second kappa shape index (κ2) is 9.23. The van der Waals surface area contributed by atoms with Gasteiger partial charge >= 0.3 is 0 Å². The number of nitro groups is 1. The maximum atomic E-state index is 13.2. The number of carbonyl (C=O) groups is 3. The van der Waals surface area contributed by atoms with E-state index in [1.54, 1.807) is 13.8 Å². The van der Waals surface area contributed by atoms with Gasteiger partial charge in [0.2, 0.25) is 5.91 Å². The summed E-state index contributed by atoms with van der Waals surface area (Å²) in [6, 6.07) is 4.04. The fraction of sp³-hybridized carbons (Fsp3) is 0.250. The Hall–Kier alpha value is -2.39. The number of benzene rings is 2. The zero-order valence-corrected chi connectivity index (χ0v) is 19.6. The lowest BCUT2D eigenvalue weighted by Gasteiger charge is -2.26. The summed E-state index contributed by atoms with van der Waals surface area (Å²) in [5.74, 6) is -2.48. The number of non-ortho nitro benzene ring substituents is 1. The summed E-state index contributed by atoms with van der Waals surface area (Å²) in [5, 5.41) is 12.7. The number of fused-ring (bicyclic) bond motifs is 1.